The Morgan fingerprint density at radius 3 is 2.81 bits per heavy atom. The van der Waals surface area contributed by atoms with E-state index in [1.165, 1.54) is 6.07 Å². The SMILES string of the molecule is CC(CCO)Sc1ccc([N+](=O)[O-])cc1I. The predicted octanol–water partition coefficient (Wildman–Crippen LogP) is 3.06. The van der Waals surface area contributed by atoms with Crippen LogP contribution in [0.15, 0.2) is 23.1 Å². The second-order valence-electron chi connectivity index (χ2n) is 3.31. The summed E-state index contributed by atoms with van der Waals surface area (Å²) in [5.41, 5.74) is 0.114. The fraction of sp³-hybridized carbons (Fsp3) is 0.400. The van der Waals surface area contributed by atoms with Crippen LogP contribution >= 0.6 is 34.4 Å². The largest absolute Gasteiger partial charge is 0.396 e. The van der Waals surface area contributed by atoms with Crippen molar-refractivity contribution < 1.29 is 10.0 Å². The van der Waals surface area contributed by atoms with Crippen molar-refractivity contribution in [3.05, 3.63) is 31.9 Å². The molecule has 1 rings (SSSR count). The van der Waals surface area contributed by atoms with Crippen LogP contribution in [0.2, 0.25) is 0 Å². The minimum absolute atomic E-state index is 0.114. The number of nitro groups is 1. The molecule has 0 heterocycles. The standard InChI is InChI=1S/C10H12INO3S/c1-7(4-5-13)16-10-3-2-8(12(14)15)6-9(10)11/h2-3,6-7,13H,4-5H2,1H3. The molecule has 0 aliphatic carbocycles. The molecule has 1 aromatic rings. The van der Waals surface area contributed by atoms with E-state index >= 15 is 0 Å². The lowest BCUT2D eigenvalue weighted by molar-refractivity contribution is -0.385. The summed E-state index contributed by atoms with van der Waals surface area (Å²) in [7, 11) is 0. The van der Waals surface area contributed by atoms with Crippen LogP contribution < -0.4 is 0 Å². The third-order valence-corrected chi connectivity index (χ3v) is 4.50. The smallest absolute Gasteiger partial charge is 0.270 e. The maximum Gasteiger partial charge on any atom is 0.270 e. The summed E-state index contributed by atoms with van der Waals surface area (Å²) in [4.78, 5) is 11.2. The van der Waals surface area contributed by atoms with E-state index in [-0.39, 0.29) is 12.3 Å². The normalized spacial score (nSPS) is 12.4. The van der Waals surface area contributed by atoms with Crippen molar-refractivity contribution in [2.45, 2.75) is 23.5 Å². The van der Waals surface area contributed by atoms with Crippen molar-refractivity contribution in [3.8, 4) is 0 Å². The predicted molar refractivity (Wildman–Crippen MR) is 72.8 cm³/mol. The molecule has 0 fully saturated rings. The van der Waals surface area contributed by atoms with Crippen LogP contribution in [0.5, 0.6) is 0 Å². The molecular formula is C10H12INO3S. The van der Waals surface area contributed by atoms with Gasteiger partial charge in [-0.3, -0.25) is 10.1 Å². The van der Waals surface area contributed by atoms with Gasteiger partial charge in [-0.2, -0.15) is 0 Å². The first-order chi connectivity index (χ1) is 7.54. The molecule has 88 valence electrons. The van der Waals surface area contributed by atoms with Crippen molar-refractivity contribution in [2.24, 2.45) is 0 Å². The quantitative estimate of drug-likeness (QED) is 0.383. The molecule has 1 atom stereocenters. The minimum atomic E-state index is -0.395. The highest BCUT2D eigenvalue weighted by atomic mass is 127. The first-order valence-corrected chi connectivity index (χ1v) is 6.72. The van der Waals surface area contributed by atoms with E-state index in [1.807, 2.05) is 6.92 Å². The molecule has 0 bridgehead atoms. The van der Waals surface area contributed by atoms with E-state index in [1.54, 1.807) is 23.9 Å². The van der Waals surface area contributed by atoms with Crippen LogP contribution in [0.1, 0.15) is 13.3 Å². The molecule has 0 saturated heterocycles. The Kier molecular flexibility index (Phi) is 5.50. The van der Waals surface area contributed by atoms with E-state index in [0.717, 1.165) is 14.9 Å². The zero-order valence-corrected chi connectivity index (χ0v) is 11.7. The van der Waals surface area contributed by atoms with Gasteiger partial charge >= 0.3 is 0 Å². The number of benzene rings is 1. The third kappa shape index (κ3) is 3.91. The van der Waals surface area contributed by atoms with Crippen LogP contribution in [-0.2, 0) is 0 Å². The van der Waals surface area contributed by atoms with Gasteiger partial charge in [0.25, 0.3) is 5.69 Å². The van der Waals surface area contributed by atoms with Gasteiger partial charge in [0.2, 0.25) is 0 Å². The number of nitro benzene ring substituents is 1. The topological polar surface area (TPSA) is 63.4 Å². The van der Waals surface area contributed by atoms with Gasteiger partial charge in [0, 0.05) is 32.5 Å². The van der Waals surface area contributed by atoms with Gasteiger partial charge in [-0.25, -0.2) is 0 Å². The van der Waals surface area contributed by atoms with Gasteiger partial charge in [0.05, 0.1) is 4.92 Å². The zero-order chi connectivity index (χ0) is 12.1. The van der Waals surface area contributed by atoms with E-state index in [2.05, 4.69) is 22.6 Å². The van der Waals surface area contributed by atoms with Crippen LogP contribution in [0.25, 0.3) is 0 Å². The lowest BCUT2D eigenvalue weighted by atomic mass is 10.3. The summed E-state index contributed by atoms with van der Waals surface area (Å²) < 4.78 is 0.876. The minimum Gasteiger partial charge on any atom is -0.396 e. The second-order valence-corrected chi connectivity index (χ2v) is 5.96. The number of thioether (sulfide) groups is 1. The number of nitrogens with zero attached hydrogens (tertiary/aromatic N) is 1. The highest BCUT2D eigenvalue weighted by molar-refractivity contribution is 14.1. The number of hydrogen-bond acceptors (Lipinski definition) is 4. The first-order valence-electron chi connectivity index (χ1n) is 4.76. The summed E-state index contributed by atoms with van der Waals surface area (Å²) in [5, 5.41) is 19.7. The molecule has 0 aliphatic rings. The summed E-state index contributed by atoms with van der Waals surface area (Å²) in [6.45, 7) is 2.19. The molecule has 0 aliphatic heterocycles. The fourth-order valence-corrected chi connectivity index (χ4v) is 3.01. The number of aliphatic hydroxyl groups excluding tert-OH is 1. The van der Waals surface area contributed by atoms with E-state index in [9.17, 15) is 10.1 Å². The first kappa shape index (κ1) is 13.7. The molecule has 1 unspecified atom stereocenters. The Hall–Kier alpha value is -0.340. The third-order valence-electron chi connectivity index (χ3n) is 1.99. The van der Waals surface area contributed by atoms with Crippen molar-refractivity contribution >= 4 is 40.0 Å². The molecule has 6 heteroatoms. The summed E-state index contributed by atoms with van der Waals surface area (Å²) in [6, 6.07) is 4.84. The molecule has 4 nitrogen and oxygen atoms in total. The number of halogens is 1. The van der Waals surface area contributed by atoms with Crippen LogP contribution in [0, 0.1) is 13.7 Å². The van der Waals surface area contributed by atoms with Gasteiger partial charge in [0.1, 0.15) is 0 Å². The maximum atomic E-state index is 10.6. The molecule has 1 aromatic carbocycles. The van der Waals surface area contributed by atoms with Crippen molar-refractivity contribution in [1.29, 1.82) is 0 Å². The Bertz CT molecular complexity index is 386. The average Bonchev–Trinajstić information content (AvgIpc) is 2.21. The molecule has 0 amide bonds. The zero-order valence-electron chi connectivity index (χ0n) is 8.72. The lowest BCUT2D eigenvalue weighted by Gasteiger charge is -2.10. The van der Waals surface area contributed by atoms with Crippen LogP contribution in [-0.4, -0.2) is 21.9 Å². The molecule has 0 saturated carbocycles. The second kappa shape index (κ2) is 6.41. The van der Waals surface area contributed by atoms with Gasteiger partial charge in [-0.1, -0.05) is 6.92 Å². The number of non-ortho nitro benzene ring substituents is 1. The fourth-order valence-electron chi connectivity index (χ4n) is 1.16. The van der Waals surface area contributed by atoms with Crippen LogP contribution in [0.3, 0.4) is 0 Å². The van der Waals surface area contributed by atoms with Crippen molar-refractivity contribution in [3.63, 3.8) is 0 Å². The Morgan fingerprint density at radius 1 is 1.62 bits per heavy atom. The number of hydrogen-bond donors (Lipinski definition) is 1. The van der Waals surface area contributed by atoms with Crippen molar-refractivity contribution in [2.75, 3.05) is 6.61 Å². The summed E-state index contributed by atoms with van der Waals surface area (Å²) >= 11 is 3.72. The van der Waals surface area contributed by atoms with Gasteiger partial charge in [-0.15, -0.1) is 11.8 Å². The highest BCUT2D eigenvalue weighted by Gasteiger charge is 2.11. The highest BCUT2D eigenvalue weighted by Crippen LogP contribution is 2.31. The van der Waals surface area contributed by atoms with Gasteiger partial charge in [0.15, 0.2) is 0 Å². The summed E-state index contributed by atoms with van der Waals surface area (Å²) in [5.74, 6) is 0. The molecule has 0 aromatic heterocycles. The Labute approximate surface area is 112 Å². The van der Waals surface area contributed by atoms with Crippen LogP contribution in [0.4, 0.5) is 5.69 Å². The molecule has 1 N–H and O–H groups in total. The molecule has 16 heavy (non-hydrogen) atoms. The maximum absolute atomic E-state index is 10.6. The van der Waals surface area contributed by atoms with E-state index < -0.39 is 4.92 Å². The monoisotopic (exact) mass is 353 g/mol. The molecule has 0 spiro atoms. The van der Waals surface area contributed by atoms with E-state index in [0.29, 0.717) is 5.25 Å². The molecule has 0 radical (unpaired) electrons. The lowest BCUT2D eigenvalue weighted by Crippen LogP contribution is -2.00. The van der Waals surface area contributed by atoms with Gasteiger partial charge < -0.3 is 5.11 Å². The molecular weight excluding hydrogens is 341 g/mol. The van der Waals surface area contributed by atoms with Gasteiger partial charge in [-0.05, 0) is 35.1 Å². The Balaban J connectivity index is 2.79. The number of rotatable bonds is 5. The average molecular weight is 353 g/mol. The Morgan fingerprint density at radius 2 is 2.31 bits per heavy atom. The van der Waals surface area contributed by atoms with Crippen molar-refractivity contribution in [1.82, 2.24) is 0 Å². The van der Waals surface area contributed by atoms with E-state index in [4.69, 9.17) is 5.11 Å². The number of aliphatic hydroxyl groups is 1. The summed E-state index contributed by atoms with van der Waals surface area (Å²) in [6.07, 6.45) is 0.720.